The molecule has 20 heavy (non-hydrogen) atoms. The number of amides is 1. The van der Waals surface area contributed by atoms with E-state index in [9.17, 15) is 19.3 Å². The number of hydrogen-bond donors (Lipinski definition) is 1. The molecule has 0 saturated carbocycles. The fourth-order valence-corrected chi connectivity index (χ4v) is 1.62. The van der Waals surface area contributed by atoms with Gasteiger partial charge in [0, 0.05) is 17.8 Å². The van der Waals surface area contributed by atoms with E-state index >= 15 is 0 Å². The Morgan fingerprint density at radius 2 is 2.10 bits per heavy atom. The van der Waals surface area contributed by atoms with Gasteiger partial charge in [-0.25, -0.2) is 4.98 Å². The molecule has 1 N–H and O–H groups in total. The maximum absolute atomic E-state index is 12.9. The summed E-state index contributed by atoms with van der Waals surface area (Å²) in [5.41, 5.74) is 0.808. The van der Waals surface area contributed by atoms with E-state index in [0.29, 0.717) is 11.3 Å². The van der Waals surface area contributed by atoms with Crippen LogP contribution in [0.25, 0.3) is 0 Å². The van der Waals surface area contributed by atoms with Gasteiger partial charge < -0.3 is 5.32 Å². The third-order valence-corrected chi connectivity index (χ3v) is 2.62. The molecule has 0 unspecified atom stereocenters. The van der Waals surface area contributed by atoms with Crippen LogP contribution in [-0.4, -0.2) is 15.8 Å². The second-order valence-electron chi connectivity index (χ2n) is 4.06. The van der Waals surface area contributed by atoms with Crippen molar-refractivity contribution in [3.05, 3.63) is 63.7 Å². The summed E-state index contributed by atoms with van der Waals surface area (Å²) in [6.45, 7) is 1.63. The Labute approximate surface area is 113 Å². The Balaban J connectivity index is 2.22. The van der Waals surface area contributed by atoms with Crippen LogP contribution >= 0.6 is 0 Å². The van der Waals surface area contributed by atoms with Crippen molar-refractivity contribution in [3.63, 3.8) is 0 Å². The lowest BCUT2D eigenvalue weighted by Gasteiger charge is -2.07. The second kappa shape index (κ2) is 5.43. The molecule has 2 rings (SSSR count). The third kappa shape index (κ3) is 2.94. The van der Waals surface area contributed by atoms with Crippen molar-refractivity contribution in [1.82, 2.24) is 4.98 Å². The van der Waals surface area contributed by atoms with Gasteiger partial charge in [-0.05, 0) is 30.7 Å². The molecule has 0 atom stereocenters. The summed E-state index contributed by atoms with van der Waals surface area (Å²) in [6, 6.07) is 7.92. The first-order valence-electron chi connectivity index (χ1n) is 5.66. The number of nitro groups is 1. The van der Waals surface area contributed by atoms with E-state index in [4.69, 9.17) is 0 Å². The van der Waals surface area contributed by atoms with E-state index in [1.54, 1.807) is 6.92 Å². The molecule has 0 aliphatic rings. The number of non-ortho nitro benzene ring substituents is 1. The Kier molecular flexibility index (Phi) is 3.69. The minimum Gasteiger partial charge on any atom is -0.320 e. The number of rotatable bonds is 3. The summed E-state index contributed by atoms with van der Waals surface area (Å²) >= 11 is 0. The fourth-order valence-electron chi connectivity index (χ4n) is 1.62. The van der Waals surface area contributed by atoms with E-state index in [-0.39, 0.29) is 11.4 Å². The van der Waals surface area contributed by atoms with Gasteiger partial charge in [0.05, 0.1) is 4.92 Å². The molecule has 1 amide bonds. The van der Waals surface area contributed by atoms with Crippen LogP contribution in [0, 0.1) is 23.0 Å². The Morgan fingerprint density at radius 3 is 2.70 bits per heavy atom. The zero-order chi connectivity index (χ0) is 14.7. The highest BCUT2D eigenvalue weighted by Crippen LogP contribution is 2.21. The zero-order valence-electron chi connectivity index (χ0n) is 10.5. The van der Waals surface area contributed by atoms with Gasteiger partial charge in [0.15, 0.2) is 0 Å². The number of carbonyl (C=O) groups excluding carboxylic acids is 1. The maximum atomic E-state index is 12.9. The number of aryl methyl sites for hydroxylation is 1. The molecule has 0 fully saturated rings. The summed E-state index contributed by atoms with van der Waals surface area (Å²) in [4.78, 5) is 25.4. The molecule has 1 aromatic carbocycles. The van der Waals surface area contributed by atoms with Crippen molar-refractivity contribution >= 4 is 17.3 Å². The number of pyridine rings is 1. The normalized spacial score (nSPS) is 10.1. The van der Waals surface area contributed by atoms with Gasteiger partial charge in [-0.2, -0.15) is 4.39 Å². The molecule has 0 spiro atoms. The minimum atomic E-state index is -0.752. The molecule has 1 aromatic heterocycles. The topological polar surface area (TPSA) is 85.1 Å². The van der Waals surface area contributed by atoms with Crippen molar-refractivity contribution in [2.45, 2.75) is 6.92 Å². The molecular weight excluding hydrogens is 265 g/mol. The number of nitrogens with zero attached hydrogens (tertiary/aromatic N) is 2. The van der Waals surface area contributed by atoms with E-state index in [1.807, 2.05) is 0 Å². The number of hydrogen-bond acceptors (Lipinski definition) is 4. The van der Waals surface area contributed by atoms with E-state index in [2.05, 4.69) is 10.3 Å². The van der Waals surface area contributed by atoms with Crippen molar-refractivity contribution in [1.29, 1.82) is 0 Å². The highest BCUT2D eigenvalue weighted by Gasteiger charge is 2.12. The second-order valence-corrected chi connectivity index (χ2v) is 4.06. The summed E-state index contributed by atoms with van der Waals surface area (Å²) in [5.74, 6) is -1.33. The van der Waals surface area contributed by atoms with Crippen LogP contribution < -0.4 is 5.32 Å². The van der Waals surface area contributed by atoms with Gasteiger partial charge in [-0.15, -0.1) is 0 Å². The van der Waals surface area contributed by atoms with Gasteiger partial charge in [0.2, 0.25) is 5.95 Å². The van der Waals surface area contributed by atoms with Crippen LogP contribution in [-0.2, 0) is 0 Å². The molecular formula is C13H10FN3O3. The number of anilines is 1. The number of nitro benzene ring substituents is 1. The summed E-state index contributed by atoms with van der Waals surface area (Å²) < 4.78 is 12.9. The van der Waals surface area contributed by atoms with Crippen molar-refractivity contribution in [2.75, 3.05) is 5.32 Å². The highest BCUT2D eigenvalue weighted by molar-refractivity contribution is 6.03. The summed E-state index contributed by atoms with van der Waals surface area (Å²) in [6.07, 6.45) is 0. The first kappa shape index (κ1) is 13.6. The molecule has 0 bridgehead atoms. The fraction of sp³-hybridized carbons (Fsp3) is 0.0769. The van der Waals surface area contributed by atoms with Gasteiger partial charge in [0.25, 0.3) is 11.6 Å². The quantitative estimate of drug-likeness (QED) is 0.530. The highest BCUT2D eigenvalue weighted by atomic mass is 19.1. The van der Waals surface area contributed by atoms with E-state index in [1.165, 1.54) is 30.3 Å². The van der Waals surface area contributed by atoms with Crippen molar-refractivity contribution in [3.8, 4) is 0 Å². The first-order valence-corrected chi connectivity index (χ1v) is 5.66. The molecule has 102 valence electrons. The molecule has 1 heterocycles. The summed E-state index contributed by atoms with van der Waals surface area (Å²) in [7, 11) is 0. The lowest BCUT2D eigenvalue weighted by atomic mass is 10.1. The molecule has 6 nitrogen and oxygen atoms in total. The minimum absolute atomic E-state index is 0.0654. The number of carbonyl (C=O) groups is 1. The third-order valence-electron chi connectivity index (χ3n) is 2.62. The van der Waals surface area contributed by atoms with Crippen LogP contribution in [0.5, 0.6) is 0 Å². The number of nitrogens with one attached hydrogen (secondary N) is 1. The van der Waals surface area contributed by atoms with E-state index in [0.717, 1.165) is 6.07 Å². The number of aromatic nitrogens is 1. The smallest absolute Gasteiger partial charge is 0.274 e. The molecule has 2 aromatic rings. The first-order chi connectivity index (χ1) is 9.47. The molecule has 0 radical (unpaired) electrons. The zero-order valence-corrected chi connectivity index (χ0v) is 10.5. The molecule has 0 aliphatic carbocycles. The maximum Gasteiger partial charge on any atom is 0.274 e. The van der Waals surface area contributed by atoms with E-state index < -0.39 is 16.8 Å². The van der Waals surface area contributed by atoms with Gasteiger partial charge >= 0.3 is 0 Å². The van der Waals surface area contributed by atoms with Crippen LogP contribution in [0.1, 0.15) is 16.1 Å². The van der Waals surface area contributed by atoms with Crippen molar-refractivity contribution < 1.29 is 14.1 Å². The van der Waals surface area contributed by atoms with Gasteiger partial charge in [0.1, 0.15) is 5.69 Å². The largest absolute Gasteiger partial charge is 0.320 e. The van der Waals surface area contributed by atoms with Crippen LogP contribution in [0.2, 0.25) is 0 Å². The van der Waals surface area contributed by atoms with Gasteiger partial charge in [-0.1, -0.05) is 6.07 Å². The van der Waals surface area contributed by atoms with Gasteiger partial charge in [-0.3, -0.25) is 14.9 Å². The predicted molar refractivity (Wildman–Crippen MR) is 70.0 cm³/mol. The van der Waals surface area contributed by atoms with Crippen LogP contribution in [0.4, 0.5) is 15.8 Å². The lowest BCUT2D eigenvalue weighted by Crippen LogP contribution is -2.14. The standard InChI is InChI=1S/C13H10FN3O3/c1-8-7-9(17(19)20)5-6-10(8)16-13(18)11-3-2-4-12(14)15-11/h2-7H,1H3,(H,16,18). The van der Waals surface area contributed by atoms with Crippen LogP contribution in [0.15, 0.2) is 36.4 Å². The Morgan fingerprint density at radius 1 is 1.35 bits per heavy atom. The molecule has 0 saturated heterocycles. The average Bonchev–Trinajstić information content (AvgIpc) is 2.40. The SMILES string of the molecule is Cc1cc([N+](=O)[O-])ccc1NC(=O)c1cccc(F)n1. The lowest BCUT2D eigenvalue weighted by molar-refractivity contribution is -0.384. The van der Waals surface area contributed by atoms with Crippen molar-refractivity contribution in [2.24, 2.45) is 0 Å². The molecule has 0 aliphatic heterocycles. The monoisotopic (exact) mass is 275 g/mol. The molecule has 7 heteroatoms. The average molecular weight is 275 g/mol. The van der Waals surface area contributed by atoms with Crippen LogP contribution in [0.3, 0.4) is 0 Å². The summed E-state index contributed by atoms with van der Waals surface area (Å²) in [5, 5.41) is 13.1. The Hall–Kier alpha value is -2.83. The predicted octanol–water partition coefficient (Wildman–Crippen LogP) is 2.69. The number of halogens is 1. The Bertz CT molecular complexity index is 688. The number of benzene rings is 1.